The van der Waals surface area contributed by atoms with Gasteiger partial charge in [-0.1, -0.05) is 48.5 Å². The van der Waals surface area contributed by atoms with Crippen molar-refractivity contribution in [1.82, 2.24) is 9.55 Å². The second-order valence-corrected chi connectivity index (χ2v) is 6.81. The first-order valence-corrected chi connectivity index (χ1v) is 9.18. The van der Waals surface area contributed by atoms with Crippen molar-refractivity contribution in [2.45, 2.75) is 6.92 Å². The van der Waals surface area contributed by atoms with Crippen LogP contribution >= 0.6 is 0 Å². The molecule has 1 aromatic heterocycles. The Hall–Kier alpha value is -3.73. The fourth-order valence-electron chi connectivity index (χ4n) is 3.70. The van der Waals surface area contributed by atoms with E-state index in [1.807, 2.05) is 72.3 Å². The minimum Gasteiger partial charge on any atom is -0.323 e. The minimum absolute atomic E-state index is 0.0988. The van der Waals surface area contributed by atoms with Crippen molar-refractivity contribution in [2.24, 2.45) is 4.99 Å². The minimum atomic E-state index is -0.0988. The average molecular weight is 366 g/mol. The van der Waals surface area contributed by atoms with Crippen LogP contribution in [0.4, 0.5) is 5.69 Å². The molecule has 1 N–H and O–H groups in total. The third-order valence-corrected chi connectivity index (χ3v) is 5.07. The van der Waals surface area contributed by atoms with Gasteiger partial charge in [-0.25, -0.2) is 4.98 Å². The maximum absolute atomic E-state index is 12.3. The molecular formula is C23H18N4O. The summed E-state index contributed by atoms with van der Waals surface area (Å²) in [5.74, 6) is 0.837. The van der Waals surface area contributed by atoms with Crippen LogP contribution in [0, 0.1) is 6.92 Å². The molecular weight excluding hydrogens is 348 g/mol. The summed E-state index contributed by atoms with van der Waals surface area (Å²) >= 11 is 0. The van der Waals surface area contributed by atoms with E-state index in [9.17, 15) is 4.79 Å². The Balaban J connectivity index is 1.64. The molecule has 0 bridgehead atoms. The van der Waals surface area contributed by atoms with Crippen molar-refractivity contribution in [3.63, 3.8) is 0 Å². The van der Waals surface area contributed by atoms with E-state index in [4.69, 9.17) is 0 Å². The molecule has 28 heavy (non-hydrogen) atoms. The molecule has 1 amide bonds. The number of benzene rings is 3. The van der Waals surface area contributed by atoms with E-state index in [0.29, 0.717) is 0 Å². The predicted molar refractivity (Wildman–Crippen MR) is 111 cm³/mol. The van der Waals surface area contributed by atoms with Gasteiger partial charge < -0.3 is 9.88 Å². The molecule has 1 aliphatic rings. The first kappa shape index (κ1) is 16.4. The summed E-state index contributed by atoms with van der Waals surface area (Å²) in [5, 5.41) is 5.15. The van der Waals surface area contributed by atoms with E-state index in [0.717, 1.165) is 44.8 Å². The van der Waals surface area contributed by atoms with Crippen molar-refractivity contribution < 1.29 is 4.79 Å². The molecule has 0 unspecified atom stereocenters. The van der Waals surface area contributed by atoms with Crippen LogP contribution in [0.25, 0.3) is 16.5 Å². The van der Waals surface area contributed by atoms with E-state index in [1.54, 1.807) is 6.20 Å². The Morgan fingerprint density at radius 1 is 1.00 bits per heavy atom. The second kappa shape index (κ2) is 6.46. The lowest BCUT2D eigenvalue weighted by molar-refractivity contribution is -0.114. The van der Waals surface area contributed by atoms with Crippen molar-refractivity contribution in [3.8, 4) is 5.69 Å². The maximum atomic E-state index is 12.3. The number of aromatic nitrogens is 2. The van der Waals surface area contributed by atoms with Gasteiger partial charge in [-0.3, -0.25) is 9.79 Å². The van der Waals surface area contributed by atoms with Crippen LogP contribution in [-0.4, -0.2) is 27.7 Å². The van der Waals surface area contributed by atoms with E-state index < -0.39 is 0 Å². The molecule has 0 saturated heterocycles. The highest BCUT2D eigenvalue weighted by atomic mass is 16.1. The first-order chi connectivity index (χ1) is 13.7. The zero-order valence-corrected chi connectivity index (χ0v) is 15.4. The van der Waals surface area contributed by atoms with Crippen LogP contribution in [0.15, 0.2) is 78.0 Å². The van der Waals surface area contributed by atoms with E-state index in [-0.39, 0.29) is 12.5 Å². The van der Waals surface area contributed by atoms with Gasteiger partial charge in [-0.05, 0) is 24.4 Å². The maximum Gasteiger partial charge on any atom is 0.246 e. The highest BCUT2D eigenvalue weighted by Crippen LogP contribution is 2.31. The highest BCUT2D eigenvalue weighted by Gasteiger charge is 2.20. The average Bonchev–Trinajstić information content (AvgIpc) is 3.07. The van der Waals surface area contributed by atoms with Gasteiger partial charge in [0.2, 0.25) is 5.91 Å². The zero-order chi connectivity index (χ0) is 19.1. The normalized spacial score (nSPS) is 13.6. The molecule has 2 heterocycles. The number of hydrogen-bond donors (Lipinski definition) is 1. The summed E-state index contributed by atoms with van der Waals surface area (Å²) in [6, 6.07) is 20.4. The standard InChI is InChI=1S/C23H18N4O/c1-15-24-12-13-27(15)18-9-6-17(7-10-18)22-20-11-8-16-4-2-3-5-19(16)23(20)26-21(28)14-25-22/h2-13H,14H2,1H3,(H,26,28). The molecule has 5 nitrogen and oxygen atoms in total. The van der Waals surface area contributed by atoms with Gasteiger partial charge in [-0.15, -0.1) is 0 Å². The van der Waals surface area contributed by atoms with Crippen LogP contribution in [0.2, 0.25) is 0 Å². The van der Waals surface area contributed by atoms with E-state index >= 15 is 0 Å². The second-order valence-electron chi connectivity index (χ2n) is 6.81. The lowest BCUT2D eigenvalue weighted by Gasteiger charge is -2.14. The highest BCUT2D eigenvalue weighted by molar-refractivity contribution is 6.22. The predicted octanol–water partition coefficient (Wildman–Crippen LogP) is 4.12. The van der Waals surface area contributed by atoms with Gasteiger partial charge in [0.05, 0.1) is 11.4 Å². The third-order valence-electron chi connectivity index (χ3n) is 5.07. The number of aryl methyl sites for hydroxylation is 1. The van der Waals surface area contributed by atoms with Gasteiger partial charge in [0.15, 0.2) is 0 Å². The number of aliphatic imine (C=N–C) groups is 1. The number of hydrogen-bond acceptors (Lipinski definition) is 3. The Morgan fingerprint density at radius 2 is 1.82 bits per heavy atom. The van der Waals surface area contributed by atoms with Gasteiger partial charge in [0, 0.05) is 34.6 Å². The molecule has 5 rings (SSSR count). The number of rotatable bonds is 2. The molecule has 5 heteroatoms. The summed E-state index contributed by atoms with van der Waals surface area (Å²) in [6.45, 7) is 2.09. The summed E-state index contributed by atoms with van der Waals surface area (Å²) in [4.78, 5) is 21.2. The molecule has 0 aliphatic carbocycles. The van der Waals surface area contributed by atoms with Crippen LogP contribution < -0.4 is 5.32 Å². The quantitative estimate of drug-likeness (QED) is 0.580. The van der Waals surface area contributed by atoms with Gasteiger partial charge in [0.1, 0.15) is 12.4 Å². The van der Waals surface area contributed by atoms with Crippen LogP contribution in [0.3, 0.4) is 0 Å². The number of carbonyl (C=O) groups is 1. The Morgan fingerprint density at radius 3 is 2.61 bits per heavy atom. The van der Waals surface area contributed by atoms with Crippen LogP contribution in [-0.2, 0) is 4.79 Å². The third kappa shape index (κ3) is 2.68. The largest absolute Gasteiger partial charge is 0.323 e. The molecule has 0 saturated carbocycles. The Labute approximate surface area is 162 Å². The topological polar surface area (TPSA) is 59.3 Å². The molecule has 0 radical (unpaired) electrons. The van der Waals surface area contributed by atoms with Crippen molar-refractivity contribution in [2.75, 3.05) is 11.9 Å². The zero-order valence-electron chi connectivity index (χ0n) is 15.4. The lowest BCUT2D eigenvalue weighted by atomic mass is 9.96. The Bertz CT molecular complexity index is 1240. The fraction of sp³-hybridized carbons (Fsp3) is 0.0870. The molecule has 0 spiro atoms. The van der Waals surface area contributed by atoms with Gasteiger partial charge >= 0.3 is 0 Å². The number of imidazole rings is 1. The number of nitrogens with one attached hydrogen (secondary N) is 1. The lowest BCUT2D eigenvalue weighted by Crippen LogP contribution is -2.13. The van der Waals surface area contributed by atoms with Gasteiger partial charge in [0.25, 0.3) is 0 Å². The smallest absolute Gasteiger partial charge is 0.246 e. The molecule has 0 atom stereocenters. The number of fused-ring (bicyclic) bond motifs is 3. The monoisotopic (exact) mass is 366 g/mol. The summed E-state index contributed by atoms with van der Waals surface area (Å²) < 4.78 is 2.03. The van der Waals surface area contributed by atoms with E-state index in [2.05, 4.69) is 21.4 Å². The number of anilines is 1. The molecule has 136 valence electrons. The Kier molecular flexibility index (Phi) is 3.79. The van der Waals surface area contributed by atoms with E-state index in [1.165, 1.54) is 0 Å². The molecule has 0 fully saturated rings. The molecule has 1 aliphatic heterocycles. The van der Waals surface area contributed by atoms with Crippen molar-refractivity contribution in [1.29, 1.82) is 0 Å². The number of amides is 1. The van der Waals surface area contributed by atoms with Crippen LogP contribution in [0.5, 0.6) is 0 Å². The van der Waals surface area contributed by atoms with Crippen molar-refractivity contribution >= 4 is 28.1 Å². The number of nitrogens with zero attached hydrogens (tertiary/aromatic N) is 3. The first-order valence-electron chi connectivity index (χ1n) is 9.18. The SMILES string of the molecule is Cc1nccn1-c1ccc(C2=NCC(=O)Nc3c2ccc2ccccc32)cc1. The van der Waals surface area contributed by atoms with Crippen molar-refractivity contribution in [3.05, 3.63) is 90.0 Å². The summed E-state index contributed by atoms with van der Waals surface area (Å²) in [5.41, 5.74) is 4.62. The molecule has 4 aromatic rings. The summed E-state index contributed by atoms with van der Waals surface area (Å²) in [7, 11) is 0. The number of carbonyl (C=O) groups excluding carboxylic acids is 1. The molecule has 3 aromatic carbocycles. The fourth-order valence-corrected chi connectivity index (χ4v) is 3.70. The van der Waals surface area contributed by atoms with Gasteiger partial charge in [-0.2, -0.15) is 0 Å². The van der Waals surface area contributed by atoms with Crippen LogP contribution in [0.1, 0.15) is 17.0 Å². The summed E-state index contributed by atoms with van der Waals surface area (Å²) in [6.07, 6.45) is 3.73.